The summed E-state index contributed by atoms with van der Waals surface area (Å²) >= 11 is 0. The molecule has 0 saturated carbocycles. The van der Waals surface area contributed by atoms with E-state index in [0.717, 1.165) is 5.56 Å². The van der Waals surface area contributed by atoms with E-state index in [0.29, 0.717) is 41.9 Å². The average Bonchev–Trinajstić information content (AvgIpc) is 3.21. The Morgan fingerprint density at radius 1 is 1.03 bits per heavy atom. The number of aliphatic hydroxyl groups is 1. The fraction of sp³-hybridized carbons (Fsp3) is 0.538. The Hall–Kier alpha value is -2.49. The van der Waals surface area contributed by atoms with Crippen molar-refractivity contribution in [2.75, 3.05) is 46.0 Å². The summed E-state index contributed by atoms with van der Waals surface area (Å²) < 4.78 is 46.5. The minimum absolute atomic E-state index is 0.0711. The number of ether oxygens (including phenoxy) is 4. The molecule has 1 fully saturated rings. The van der Waals surface area contributed by atoms with Gasteiger partial charge in [0.05, 0.1) is 32.8 Å². The molecule has 1 aliphatic rings. The summed E-state index contributed by atoms with van der Waals surface area (Å²) in [4.78, 5) is 2.00. The van der Waals surface area contributed by atoms with Gasteiger partial charge in [0, 0.05) is 19.1 Å². The molecule has 2 unspecified atom stereocenters. The Balaban J connectivity index is 1.74. The highest BCUT2D eigenvalue weighted by molar-refractivity contribution is 7.91. The Morgan fingerprint density at radius 3 is 2.14 bits per heavy atom. The lowest BCUT2D eigenvalue weighted by molar-refractivity contribution is 0.0524. The van der Waals surface area contributed by atoms with E-state index in [2.05, 4.69) is 13.8 Å². The molecule has 0 spiro atoms. The van der Waals surface area contributed by atoms with E-state index in [1.165, 1.54) is 5.56 Å². The predicted octanol–water partition coefficient (Wildman–Crippen LogP) is 3.26. The molecule has 1 aliphatic heterocycles. The largest absolute Gasteiger partial charge is 0.493 e. The van der Waals surface area contributed by atoms with Crippen LogP contribution >= 0.6 is 0 Å². The van der Waals surface area contributed by atoms with Gasteiger partial charge < -0.3 is 24.1 Å². The van der Waals surface area contributed by atoms with Gasteiger partial charge in [-0.3, -0.25) is 4.90 Å². The maximum Gasteiger partial charge on any atom is 0.203 e. The second-order valence-electron chi connectivity index (χ2n) is 9.21. The Kier molecular flexibility index (Phi) is 9.27. The highest BCUT2D eigenvalue weighted by Crippen LogP contribution is 2.38. The number of hydrogen-bond donors (Lipinski definition) is 1. The lowest BCUT2D eigenvalue weighted by atomic mass is 10.0. The Bertz CT molecular complexity index is 1040. The number of sulfone groups is 1. The van der Waals surface area contributed by atoms with Gasteiger partial charge in [-0.05, 0) is 47.7 Å². The van der Waals surface area contributed by atoms with Crippen molar-refractivity contribution in [3.63, 3.8) is 0 Å². The van der Waals surface area contributed by atoms with Crippen LogP contribution in [0.2, 0.25) is 0 Å². The van der Waals surface area contributed by atoms with Crippen LogP contribution in [0.5, 0.6) is 23.0 Å². The molecule has 8 nitrogen and oxygen atoms in total. The highest BCUT2D eigenvalue weighted by atomic mass is 32.2. The van der Waals surface area contributed by atoms with Crippen LogP contribution in [0.4, 0.5) is 0 Å². The van der Waals surface area contributed by atoms with Crippen LogP contribution in [0.25, 0.3) is 0 Å². The van der Waals surface area contributed by atoms with E-state index in [9.17, 15) is 13.5 Å². The van der Waals surface area contributed by atoms with Crippen molar-refractivity contribution in [2.24, 2.45) is 0 Å². The zero-order valence-electron chi connectivity index (χ0n) is 21.2. The van der Waals surface area contributed by atoms with Crippen LogP contribution in [-0.2, 0) is 16.4 Å². The lowest BCUT2D eigenvalue weighted by Gasteiger charge is -2.30. The molecule has 9 heteroatoms. The number of aliphatic hydroxyl groups excluding tert-OH is 1. The first kappa shape index (κ1) is 27.1. The molecular formula is C26H37NO7S. The molecule has 0 aromatic heterocycles. The van der Waals surface area contributed by atoms with Crippen molar-refractivity contribution >= 4 is 9.84 Å². The molecule has 194 valence electrons. The maximum atomic E-state index is 12.2. The molecule has 2 aromatic carbocycles. The van der Waals surface area contributed by atoms with Crippen LogP contribution < -0.4 is 18.9 Å². The summed E-state index contributed by atoms with van der Waals surface area (Å²) in [6, 6.07) is 11.3. The van der Waals surface area contributed by atoms with E-state index in [-0.39, 0.29) is 30.7 Å². The molecule has 0 amide bonds. The minimum atomic E-state index is -3.10. The number of rotatable bonds is 12. The van der Waals surface area contributed by atoms with Gasteiger partial charge in [0.25, 0.3) is 0 Å². The summed E-state index contributed by atoms with van der Waals surface area (Å²) in [6.45, 7) is 5.04. The number of methoxy groups -OCH3 is 3. The first-order chi connectivity index (χ1) is 16.7. The molecule has 0 bridgehead atoms. The fourth-order valence-electron chi connectivity index (χ4n) is 4.33. The average molecular weight is 508 g/mol. The first-order valence-electron chi connectivity index (χ1n) is 11.8. The smallest absolute Gasteiger partial charge is 0.203 e. The second kappa shape index (κ2) is 12.0. The third-order valence-corrected chi connectivity index (χ3v) is 8.02. The van der Waals surface area contributed by atoms with Gasteiger partial charge in [-0.25, -0.2) is 8.42 Å². The molecule has 1 saturated heterocycles. The van der Waals surface area contributed by atoms with Gasteiger partial charge in [-0.1, -0.05) is 26.0 Å². The Labute approximate surface area is 208 Å². The number of nitrogens with zero attached hydrogens (tertiary/aromatic N) is 1. The summed E-state index contributed by atoms with van der Waals surface area (Å²) in [5.74, 6) is 2.88. The van der Waals surface area contributed by atoms with Crippen molar-refractivity contribution in [1.82, 2.24) is 4.90 Å². The highest BCUT2D eigenvalue weighted by Gasteiger charge is 2.33. The molecule has 2 aromatic rings. The predicted molar refractivity (Wildman–Crippen MR) is 136 cm³/mol. The zero-order valence-corrected chi connectivity index (χ0v) is 22.0. The van der Waals surface area contributed by atoms with Crippen molar-refractivity contribution in [3.05, 3.63) is 47.5 Å². The van der Waals surface area contributed by atoms with Crippen molar-refractivity contribution < 1.29 is 32.5 Å². The van der Waals surface area contributed by atoms with E-state index >= 15 is 0 Å². The second-order valence-corrected chi connectivity index (χ2v) is 11.4. The van der Waals surface area contributed by atoms with Gasteiger partial charge in [0.2, 0.25) is 5.75 Å². The van der Waals surface area contributed by atoms with Crippen LogP contribution in [0, 0.1) is 0 Å². The molecule has 0 aliphatic carbocycles. The molecule has 1 heterocycles. The van der Waals surface area contributed by atoms with E-state index < -0.39 is 15.9 Å². The van der Waals surface area contributed by atoms with E-state index in [1.54, 1.807) is 21.3 Å². The minimum Gasteiger partial charge on any atom is -0.493 e. The van der Waals surface area contributed by atoms with Gasteiger partial charge in [-0.2, -0.15) is 0 Å². The van der Waals surface area contributed by atoms with Crippen molar-refractivity contribution in [3.8, 4) is 23.0 Å². The number of benzene rings is 2. The van der Waals surface area contributed by atoms with Gasteiger partial charge >= 0.3 is 0 Å². The quantitative estimate of drug-likeness (QED) is 0.468. The van der Waals surface area contributed by atoms with Crippen LogP contribution in [0.1, 0.15) is 37.3 Å². The van der Waals surface area contributed by atoms with Crippen LogP contribution in [-0.4, -0.2) is 76.6 Å². The van der Waals surface area contributed by atoms with Crippen molar-refractivity contribution in [2.45, 2.75) is 44.9 Å². The topological polar surface area (TPSA) is 94.5 Å². The standard InChI is InChI=1S/C26H37NO7S/c1-18(2)20-6-8-23(9-7-20)34-16-22(28)15-27(21-10-11-35(29,30)17-21)14-19-12-24(31-3)26(33-5)25(13-19)32-4/h6-9,12-13,18,21-22,28H,10-11,14-17H2,1-5H3. The summed E-state index contributed by atoms with van der Waals surface area (Å²) in [6.07, 6.45) is -0.276. The molecule has 2 atom stereocenters. The Morgan fingerprint density at radius 2 is 1.66 bits per heavy atom. The third-order valence-electron chi connectivity index (χ3n) is 6.27. The molecule has 0 radical (unpaired) electrons. The van der Waals surface area contributed by atoms with E-state index in [1.807, 2.05) is 41.3 Å². The van der Waals surface area contributed by atoms with E-state index in [4.69, 9.17) is 18.9 Å². The summed E-state index contributed by atoms with van der Waals surface area (Å²) in [7, 11) is 1.55. The molecule has 1 N–H and O–H groups in total. The monoisotopic (exact) mass is 507 g/mol. The normalized spacial score (nSPS) is 18.0. The maximum absolute atomic E-state index is 12.2. The zero-order chi connectivity index (χ0) is 25.6. The SMILES string of the molecule is COc1cc(CN(CC(O)COc2ccc(C(C)C)cc2)C2CCS(=O)(=O)C2)cc(OC)c1OC. The van der Waals surface area contributed by atoms with Crippen LogP contribution in [0.15, 0.2) is 36.4 Å². The molecule has 35 heavy (non-hydrogen) atoms. The summed E-state index contributed by atoms with van der Waals surface area (Å²) in [5, 5.41) is 10.8. The van der Waals surface area contributed by atoms with Gasteiger partial charge in [0.15, 0.2) is 21.3 Å². The molecule has 3 rings (SSSR count). The van der Waals surface area contributed by atoms with Gasteiger partial charge in [0.1, 0.15) is 18.5 Å². The number of hydrogen-bond acceptors (Lipinski definition) is 8. The first-order valence-corrected chi connectivity index (χ1v) is 13.6. The third kappa shape index (κ3) is 7.25. The van der Waals surface area contributed by atoms with Gasteiger partial charge in [-0.15, -0.1) is 0 Å². The lowest BCUT2D eigenvalue weighted by Crippen LogP contribution is -2.42. The molecular weight excluding hydrogens is 470 g/mol. The van der Waals surface area contributed by atoms with Crippen LogP contribution in [0.3, 0.4) is 0 Å². The fourth-order valence-corrected chi connectivity index (χ4v) is 6.09. The summed E-state index contributed by atoms with van der Waals surface area (Å²) in [5.41, 5.74) is 2.08. The van der Waals surface area contributed by atoms with Crippen molar-refractivity contribution in [1.29, 1.82) is 0 Å².